The first kappa shape index (κ1) is 36.8. The summed E-state index contributed by atoms with van der Waals surface area (Å²) in [5.41, 5.74) is 22.6. The number of benzene rings is 7. The topological polar surface area (TPSA) is 21.3 Å². The third kappa shape index (κ3) is 4.82. The summed E-state index contributed by atoms with van der Waals surface area (Å²) in [5, 5.41) is 4.84. The first-order valence-corrected chi connectivity index (χ1v) is 22.2. The fourth-order valence-electron chi connectivity index (χ4n) is 11.3. The van der Waals surface area contributed by atoms with Crippen LogP contribution in [0, 0.1) is 0 Å². The van der Waals surface area contributed by atoms with Gasteiger partial charge in [0, 0.05) is 44.2 Å². The lowest BCUT2D eigenvalue weighted by Gasteiger charge is -2.43. The molecule has 3 nitrogen and oxygen atoms in total. The Morgan fingerprint density at radius 1 is 0.541 bits per heavy atom. The molecule has 3 aliphatic rings. The van der Waals surface area contributed by atoms with Crippen molar-refractivity contribution >= 4 is 72.9 Å². The fraction of sp³-hybridized carbons (Fsp3) is 0.263. The molecule has 0 unspecified atom stereocenters. The maximum Gasteiger partial charge on any atom is 0.333 e. The molecule has 0 fully saturated rings. The Labute approximate surface area is 360 Å². The minimum atomic E-state index is -0.161. The second-order valence-electron chi connectivity index (χ2n) is 21.8. The summed E-state index contributed by atoms with van der Waals surface area (Å²) in [6.45, 7) is 25.6. The highest BCUT2D eigenvalue weighted by molar-refractivity contribution is 6.94. The first-order chi connectivity index (χ1) is 28.9. The van der Waals surface area contributed by atoms with Crippen molar-refractivity contribution in [2.45, 2.75) is 97.8 Å². The van der Waals surface area contributed by atoms with Gasteiger partial charge in [0.15, 0.2) is 0 Å². The molecule has 2 aliphatic heterocycles. The minimum absolute atomic E-state index is 0.0224. The van der Waals surface area contributed by atoms with E-state index >= 15 is 0 Å². The van der Waals surface area contributed by atoms with E-state index in [2.05, 4.69) is 207 Å². The zero-order valence-electron chi connectivity index (χ0n) is 37.4. The Morgan fingerprint density at radius 3 is 1.93 bits per heavy atom. The number of aromatic nitrogens is 1. The molecule has 0 saturated carbocycles. The van der Waals surface area contributed by atoms with Crippen LogP contribution in [0.4, 0.5) is 11.4 Å². The van der Waals surface area contributed by atoms with E-state index in [1.54, 1.807) is 0 Å². The molecule has 4 heteroatoms. The lowest BCUT2D eigenvalue weighted by molar-refractivity contribution is 0.590. The number of fused-ring (bicyclic) bond motifs is 16. The van der Waals surface area contributed by atoms with Crippen LogP contribution < -0.4 is 15.7 Å². The minimum Gasteiger partial charge on any atom is -0.455 e. The average Bonchev–Trinajstić information content (AvgIpc) is 3.84. The van der Waals surface area contributed by atoms with E-state index in [1.165, 1.54) is 111 Å². The lowest BCUT2D eigenvalue weighted by Crippen LogP contribution is -2.60. The van der Waals surface area contributed by atoms with Gasteiger partial charge in [-0.25, -0.2) is 0 Å². The van der Waals surface area contributed by atoms with Crippen molar-refractivity contribution in [3.63, 3.8) is 0 Å². The van der Waals surface area contributed by atoms with Gasteiger partial charge in [-0.15, -0.1) is 0 Å². The zero-order chi connectivity index (χ0) is 42.3. The maximum atomic E-state index is 7.22. The molecule has 0 amide bonds. The monoisotopic (exact) mass is 792 g/mol. The molecule has 0 N–H and O–H groups in total. The smallest absolute Gasteiger partial charge is 0.333 e. The molecule has 1 aliphatic carbocycles. The summed E-state index contributed by atoms with van der Waals surface area (Å²) in [4.78, 5) is 2.71. The van der Waals surface area contributed by atoms with E-state index < -0.39 is 0 Å². The van der Waals surface area contributed by atoms with Crippen LogP contribution in [0.5, 0.6) is 0 Å². The number of para-hydroxylation sites is 1. The summed E-state index contributed by atoms with van der Waals surface area (Å²) in [6.07, 6.45) is 0. The van der Waals surface area contributed by atoms with Crippen molar-refractivity contribution in [3.05, 3.63) is 149 Å². The van der Waals surface area contributed by atoms with Crippen LogP contribution >= 0.6 is 0 Å². The Morgan fingerprint density at radius 2 is 1.20 bits per heavy atom. The molecule has 9 aromatic rings. The summed E-state index contributed by atoms with van der Waals surface area (Å²) in [7, 11) is 0. The number of hydrogen-bond donors (Lipinski definition) is 0. The first-order valence-electron chi connectivity index (χ1n) is 22.2. The van der Waals surface area contributed by atoms with Crippen molar-refractivity contribution < 1.29 is 4.42 Å². The van der Waals surface area contributed by atoms with Crippen LogP contribution in [0.15, 0.2) is 126 Å². The van der Waals surface area contributed by atoms with Crippen LogP contribution in [0.1, 0.15) is 104 Å². The largest absolute Gasteiger partial charge is 0.455 e. The predicted octanol–water partition coefficient (Wildman–Crippen LogP) is 14.1. The molecular weight excluding hydrogens is 739 g/mol. The summed E-state index contributed by atoms with van der Waals surface area (Å²) in [6, 6.07) is 46.9. The summed E-state index contributed by atoms with van der Waals surface area (Å²) >= 11 is 0. The standard InChI is InChI=1S/C57H53BN2O/c1-54(2,3)32-20-24-35(25-21-32)60-46-31-42-38(36-16-12-14-18-41(36)57(42,10)11)30-40(46)48-49-37-17-13-15-19-47(37)61-53(49)50-39-28-33(55(4,5)6)22-26-44(39)59-45-27-23-34(56(7,8)9)29-43(45)58(60)51(48)52(50)59/h12-31H,1-11H3. The van der Waals surface area contributed by atoms with Gasteiger partial charge in [-0.1, -0.05) is 149 Å². The average molecular weight is 793 g/mol. The van der Waals surface area contributed by atoms with Gasteiger partial charge in [-0.05, 0) is 120 Å². The van der Waals surface area contributed by atoms with Crippen molar-refractivity contribution in [1.29, 1.82) is 0 Å². The van der Waals surface area contributed by atoms with Gasteiger partial charge in [0.05, 0.1) is 16.4 Å². The van der Waals surface area contributed by atoms with Crippen LogP contribution in [0.3, 0.4) is 0 Å². The molecule has 300 valence electrons. The van der Waals surface area contributed by atoms with Crippen LogP contribution in [-0.2, 0) is 21.7 Å². The number of furan rings is 1. The Bertz CT molecular complexity index is 3390. The molecular formula is C57H53BN2O. The Hall–Kier alpha value is -6.00. The van der Waals surface area contributed by atoms with E-state index in [0.29, 0.717) is 0 Å². The third-order valence-electron chi connectivity index (χ3n) is 14.6. The maximum absolute atomic E-state index is 7.22. The molecule has 7 aromatic carbocycles. The van der Waals surface area contributed by atoms with Crippen LogP contribution in [-0.4, -0.2) is 11.4 Å². The number of rotatable bonds is 1. The van der Waals surface area contributed by atoms with Crippen LogP contribution in [0.25, 0.3) is 71.7 Å². The van der Waals surface area contributed by atoms with Gasteiger partial charge in [-0.3, -0.25) is 0 Å². The van der Waals surface area contributed by atoms with Gasteiger partial charge < -0.3 is 13.8 Å². The third-order valence-corrected chi connectivity index (χ3v) is 14.6. The Kier molecular flexibility index (Phi) is 7.05. The van der Waals surface area contributed by atoms with Crippen molar-refractivity contribution in [2.75, 3.05) is 4.81 Å². The van der Waals surface area contributed by atoms with E-state index in [0.717, 1.165) is 11.2 Å². The zero-order valence-corrected chi connectivity index (χ0v) is 37.4. The molecule has 12 rings (SSSR count). The SMILES string of the molecule is CC(C)(C)c1ccc(N2B3c4cc(C(C)(C)C)ccc4-n4c5ccc(C(C)(C)C)cc5c5c6oc7ccccc7c6c(c3c54)-c3cc4c(cc32)C(C)(C)c2ccccc2-4)cc1. The summed E-state index contributed by atoms with van der Waals surface area (Å²) < 4.78 is 9.81. The van der Waals surface area contributed by atoms with Gasteiger partial charge in [0.25, 0.3) is 0 Å². The van der Waals surface area contributed by atoms with Gasteiger partial charge in [0.1, 0.15) is 11.2 Å². The number of hydrogen-bond acceptors (Lipinski definition) is 2. The van der Waals surface area contributed by atoms with E-state index in [1.807, 2.05) is 0 Å². The summed E-state index contributed by atoms with van der Waals surface area (Å²) in [5.74, 6) is 0. The quantitative estimate of drug-likeness (QED) is 0.154. The number of anilines is 2. The molecule has 2 aromatic heterocycles. The highest BCUT2D eigenvalue weighted by Gasteiger charge is 2.48. The predicted molar refractivity (Wildman–Crippen MR) is 261 cm³/mol. The van der Waals surface area contributed by atoms with Crippen molar-refractivity contribution in [3.8, 4) is 27.9 Å². The second kappa shape index (κ2) is 11.7. The Balaban J connectivity index is 1.33. The van der Waals surface area contributed by atoms with E-state index in [9.17, 15) is 0 Å². The number of nitrogens with zero attached hydrogens (tertiary/aromatic N) is 2. The lowest BCUT2D eigenvalue weighted by atomic mass is 9.43. The molecule has 0 bridgehead atoms. The molecule has 0 spiro atoms. The molecule has 61 heavy (non-hydrogen) atoms. The van der Waals surface area contributed by atoms with Crippen molar-refractivity contribution in [2.24, 2.45) is 0 Å². The second-order valence-corrected chi connectivity index (χ2v) is 21.8. The van der Waals surface area contributed by atoms with Gasteiger partial charge >= 0.3 is 6.85 Å². The molecule has 4 heterocycles. The van der Waals surface area contributed by atoms with Gasteiger partial charge in [0.2, 0.25) is 0 Å². The highest BCUT2D eigenvalue weighted by Crippen LogP contribution is 2.56. The normalized spacial score (nSPS) is 15.2. The van der Waals surface area contributed by atoms with Crippen LogP contribution in [0.2, 0.25) is 0 Å². The fourth-order valence-corrected chi connectivity index (χ4v) is 11.3. The van der Waals surface area contributed by atoms with Gasteiger partial charge in [-0.2, -0.15) is 0 Å². The molecule has 0 saturated heterocycles. The van der Waals surface area contributed by atoms with Crippen molar-refractivity contribution in [1.82, 2.24) is 4.57 Å². The van der Waals surface area contributed by atoms with E-state index in [4.69, 9.17) is 4.42 Å². The molecule has 0 radical (unpaired) electrons. The van der Waals surface area contributed by atoms with E-state index in [-0.39, 0.29) is 28.5 Å². The molecule has 0 atom stereocenters. The highest BCUT2D eigenvalue weighted by atomic mass is 16.3.